The lowest BCUT2D eigenvalue weighted by Crippen LogP contribution is -2.32. The van der Waals surface area contributed by atoms with Crippen LogP contribution in [0.1, 0.15) is 44.2 Å². The zero-order chi connectivity index (χ0) is 18.2. The van der Waals surface area contributed by atoms with E-state index in [1.165, 1.54) is 18.4 Å². The van der Waals surface area contributed by atoms with Crippen molar-refractivity contribution < 1.29 is 9.53 Å². The third-order valence-corrected chi connectivity index (χ3v) is 4.54. The molecule has 0 fully saturated rings. The summed E-state index contributed by atoms with van der Waals surface area (Å²) in [7, 11) is 0. The summed E-state index contributed by atoms with van der Waals surface area (Å²) in [5.41, 5.74) is 3.01. The maximum atomic E-state index is 12.5. The molecule has 0 heterocycles. The van der Waals surface area contributed by atoms with Crippen molar-refractivity contribution in [3.63, 3.8) is 0 Å². The first-order chi connectivity index (χ1) is 12.0. The first-order valence-corrected chi connectivity index (χ1v) is 9.23. The normalized spacial score (nSPS) is 11.8. The van der Waals surface area contributed by atoms with Gasteiger partial charge in [0.05, 0.1) is 0 Å². The van der Waals surface area contributed by atoms with Crippen molar-refractivity contribution in [1.82, 2.24) is 0 Å². The Labute approximate surface area is 155 Å². The van der Waals surface area contributed by atoms with Crippen LogP contribution in [0, 0.1) is 6.92 Å². The Bertz CT molecular complexity index is 698. The van der Waals surface area contributed by atoms with E-state index in [-0.39, 0.29) is 5.91 Å². The van der Waals surface area contributed by atoms with E-state index in [9.17, 15) is 4.79 Å². The van der Waals surface area contributed by atoms with Crippen molar-refractivity contribution in [1.29, 1.82) is 0 Å². The fourth-order valence-electron chi connectivity index (χ4n) is 2.54. The van der Waals surface area contributed by atoms with Crippen LogP contribution in [0.3, 0.4) is 0 Å². The van der Waals surface area contributed by atoms with Crippen molar-refractivity contribution in [2.45, 2.75) is 52.6 Å². The smallest absolute Gasteiger partial charge is 0.265 e. The van der Waals surface area contributed by atoms with Crippen LogP contribution in [0.4, 0.5) is 5.69 Å². The van der Waals surface area contributed by atoms with E-state index in [0.29, 0.717) is 17.2 Å². The first-order valence-electron chi connectivity index (χ1n) is 8.86. The molecule has 0 saturated heterocycles. The lowest BCUT2D eigenvalue weighted by molar-refractivity contribution is -0.122. The molecule has 2 aromatic rings. The average molecular weight is 360 g/mol. The second kappa shape index (κ2) is 9.47. The number of amides is 1. The number of aryl methyl sites for hydroxylation is 2. The van der Waals surface area contributed by atoms with E-state index in [1.54, 1.807) is 12.1 Å². The fourth-order valence-corrected chi connectivity index (χ4v) is 2.65. The van der Waals surface area contributed by atoms with Gasteiger partial charge in [-0.1, -0.05) is 44.0 Å². The highest BCUT2D eigenvalue weighted by molar-refractivity contribution is 6.31. The van der Waals surface area contributed by atoms with Gasteiger partial charge < -0.3 is 10.1 Å². The van der Waals surface area contributed by atoms with E-state index >= 15 is 0 Å². The third kappa shape index (κ3) is 5.79. The standard InChI is InChI=1S/C21H26ClNO2/c1-4-6-7-16-8-10-17(11-9-16)23-21(24)20(5-2)25-18-12-13-19(22)15(3)14-18/h8-14,20H,4-7H2,1-3H3,(H,23,24)/t20-/m0/s1. The SMILES string of the molecule is CCCCc1ccc(NC(=O)[C@H](CC)Oc2ccc(Cl)c(C)c2)cc1. The number of halogens is 1. The highest BCUT2D eigenvalue weighted by atomic mass is 35.5. The third-order valence-electron chi connectivity index (χ3n) is 4.11. The molecule has 0 aliphatic rings. The molecule has 0 aliphatic heterocycles. The molecule has 25 heavy (non-hydrogen) atoms. The van der Waals surface area contributed by atoms with Crippen molar-refractivity contribution in [3.05, 3.63) is 58.6 Å². The second-order valence-corrected chi connectivity index (χ2v) is 6.62. The maximum absolute atomic E-state index is 12.5. The van der Waals surface area contributed by atoms with Crippen molar-refractivity contribution in [3.8, 4) is 5.75 Å². The van der Waals surface area contributed by atoms with Crippen LogP contribution in [0.2, 0.25) is 5.02 Å². The second-order valence-electron chi connectivity index (χ2n) is 6.22. The molecule has 3 nitrogen and oxygen atoms in total. The van der Waals surface area contributed by atoms with Crippen LogP contribution in [-0.4, -0.2) is 12.0 Å². The first kappa shape index (κ1) is 19.3. The number of carbonyl (C=O) groups is 1. The van der Waals surface area contributed by atoms with Crippen LogP contribution in [-0.2, 0) is 11.2 Å². The Kier molecular flexibility index (Phi) is 7.32. The summed E-state index contributed by atoms with van der Waals surface area (Å²) in [5.74, 6) is 0.509. The fraction of sp³-hybridized carbons (Fsp3) is 0.381. The lowest BCUT2D eigenvalue weighted by Gasteiger charge is -2.18. The van der Waals surface area contributed by atoms with E-state index in [4.69, 9.17) is 16.3 Å². The Hall–Kier alpha value is -2.00. The van der Waals surface area contributed by atoms with Gasteiger partial charge in [0.1, 0.15) is 5.75 Å². The molecule has 0 radical (unpaired) electrons. The molecule has 134 valence electrons. The van der Waals surface area contributed by atoms with Gasteiger partial charge in [-0.2, -0.15) is 0 Å². The number of ether oxygens (including phenoxy) is 1. The molecule has 0 aromatic heterocycles. The van der Waals surface area contributed by atoms with Gasteiger partial charge in [-0.15, -0.1) is 0 Å². The number of rotatable bonds is 8. The molecule has 1 atom stereocenters. The van der Waals surface area contributed by atoms with E-state index in [2.05, 4.69) is 24.4 Å². The predicted molar refractivity (Wildman–Crippen MR) is 105 cm³/mol. The molecular weight excluding hydrogens is 334 g/mol. The molecular formula is C21H26ClNO2. The summed E-state index contributed by atoms with van der Waals surface area (Å²) in [6.45, 7) is 6.03. The molecule has 2 aromatic carbocycles. The zero-order valence-electron chi connectivity index (χ0n) is 15.1. The van der Waals surface area contributed by atoms with E-state index in [0.717, 1.165) is 17.7 Å². The minimum Gasteiger partial charge on any atom is -0.481 e. The van der Waals surface area contributed by atoms with Gasteiger partial charge >= 0.3 is 0 Å². The van der Waals surface area contributed by atoms with Gasteiger partial charge in [0.2, 0.25) is 0 Å². The van der Waals surface area contributed by atoms with Crippen molar-refractivity contribution in [2.75, 3.05) is 5.32 Å². The number of hydrogen-bond acceptors (Lipinski definition) is 2. The minimum absolute atomic E-state index is 0.142. The van der Waals surface area contributed by atoms with Gasteiger partial charge in [-0.05, 0) is 67.6 Å². The summed E-state index contributed by atoms with van der Waals surface area (Å²) < 4.78 is 5.84. The monoisotopic (exact) mass is 359 g/mol. The molecule has 0 unspecified atom stereocenters. The molecule has 0 saturated carbocycles. The molecule has 1 amide bonds. The average Bonchev–Trinajstić information content (AvgIpc) is 2.62. The van der Waals surface area contributed by atoms with Crippen molar-refractivity contribution in [2.24, 2.45) is 0 Å². The van der Waals surface area contributed by atoms with Crippen LogP contribution >= 0.6 is 11.6 Å². The van der Waals surface area contributed by atoms with Gasteiger partial charge in [-0.3, -0.25) is 4.79 Å². The quantitative estimate of drug-likeness (QED) is 0.648. The topological polar surface area (TPSA) is 38.3 Å². The van der Waals surface area contributed by atoms with Crippen LogP contribution in [0.15, 0.2) is 42.5 Å². The highest BCUT2D eigenvalue weighted by Gasteiger charge is 2.18. The number of anilines is 1. The minimum atomic E-state index is -0.541. The summed E-state index contributed by atoms with van der Waals surface area (Å²) in [5, 5.41) is 3.62. The van der Waals surface area contributed by atoms with Crippen LogP contribution in [0.5, 0.6) is 5.75 Å². The lowest BCUT2D eigenvalue weighted by atomic mass is 10.1. The van der Waals surface area contributed by atoms with Gasteiger partial charge in [0.25, 0.3) is 5.91 Å². The van der Waals surface area contributed by atoms with Crippen molar-refractivity contribution >= 4 is 23.2 Å². The molecule has 1 N–H and O–H groups in total. The summed E-state index contributed by atoms with van der Waals surface area (Å²) in [4.78, 5) is 12.5. The molecule has 0 aliphatic carbocycles. The molecule has 0 spiro atoms. The van der Waals surface area contributed by atoms with Gasteiger partial charge in [0.15, 0.2) is 6.10 Å². The van der Waals surface area contributed by atoms with Gasteiger partial charge in [0, 0.05) is 10.7 Å². The number of unbranched alkanes of at least 4 members (excludes halogenated alkanes) is 1. The number of hydrogen-bond donors (Lipinski definition) is 1. The number of carbonyl (C=O) groups excluding carboxylic acids is 1. The van der Waals surface area contributed by atoms with Crippen LogP contribution < -0.4 is 10.1 Å². The summed E-state index contributed by atoms with van der Waals surface area (Å²) in [6, 6.07) is 13.4. The Morgan fingerprint density at radius 1 is 1.16 bits per heavy atom. The van der Waals surface area contributed by atoms with E-state index in [1.807, 2.05) is 32.0 Å². The number of benzene rings is 2. The Balaban J connectivity index is 1.98. The summed E-state index contributed by atoms with van der Waals surface area (Å²) >= 11 is 6.03. The maximum Gasteiger partial charge on any atom is 0.265 e. The Morgan fingerprint density at radius 2 is 1.88 bits per heavy atom. The number of nitrogens with one attached hydrogen (secondary N) is 1. The zero-order valence-corrected chi connectivity index (χ0v) is 15.9. The molecule has 2 rings (SSSR count). The molecule has 0 bridgehead atoms. The van der Waals surface area contributed by atoms with Gasteiger partial charge in [-0.25, -0.2) is 0 Å². The van der Waals surface area contributed by atoms with Crippen LogP contribution in [0.25, 0.3) is 0 Å². The van der Waals surface area contributed by atoms with E-state index < -0.39 is 6.10 Å². The Morgan fingerprint density at radius 3 is 2.48 bits per heavy atom. The largest absolute Gasteiger partial charge is 0.481 e. The summed E-state index contributed by atoms with van der Waals surface area (Å²) in [6.07, 6.45) is 3.47. The predicted octanol–water partition coefficient (Wildman–Crippen LogP) is 5.79. The molecule has 4 heteroatoms. The highest BCUT2D eigenvalue weighted by Crippen LogP contribution is 2.23.